The number of ether oxygens (including phenoxy) is 3. The number of carbonyl (C=O) groups is 1. The average molecular weight is 270 g/mol. The van der Waals surface area contributed by atoms with E-state index < -0.39 is 0 Å². The molecule has 0 saturated heterocycles. The highest BCUT2D eigenvalue weighted by molar-refractivity contribution is 5.76. The maximum Gasteiger partial charge on any atom is 0.315 e. The minimum Gasteiger partial charge on any atom is -0.493 e. The van der Waals surface area contributed by atoms with E-state index in [-0.39, 0.29) is 18.5 Å². The van der Waals surface area contributed by atoms with Crippen molar-refractivity contribution in [2.45, 2.75) is 12.5 Å². The van der Waals surface area contributed by atoms with E-state index in [1.54, 1.807) is 18.2 Å². The van der Waals surface area contributed by atoms with Crippen LogP contribution in [0, 0.1) is 0 Å². The summed E-state index contributed by atoms with van der Waals surface area (Å²) in [5.41, 5.74) is 0.945. The number of carbonyl (C=O) groups excluding carboxylic acids is 1. The molecule has 0 amide bonds. The summed E-state index contributed by atoms with van der Waals surface area (Å²) in [6.07, 6.45) is -0.181. The molecule has 2 aromatic carbocycles. The molecule has 20 heavy (non-hydrogen) atoms. The fourth-order valence-corrected chi connectivity index (χ4v) is 2.21. The van der Waals surface area contributed by atoms with Gasteiger partial charge in [-0.2, -0.15) is 0 Å². The SMILES string of the molecule is COc1cccc2c1OC(=O)CC(c1ccccc1)O2. The van der Waals surface area contributed by atoms with Crippen molar-refractivity contribution in [2.75, 3.05) is 7.11 Å². The van der Waals surface area contributed by atoms with E-state index in [0.29, 0.717) is 17.2 Å². The molecule has 0 aromatic heterocycles. The second-order valence-electron chi connectivity index (χ2n) is 4.48. The largest absolute Gasteiger partial charge is 0.493 e. The van der Waals surface area contributed by atoms with Gasteiger partial charge in [-0.25, -0.2) is 0 Å². The van der Waals surface area contributed by atoms with Gasteiger partial charge in [0.1, 0.15) is 6.10 Å². The zero-order valence-corrected chi connectivity index (χ0v) is 11.0. The van der Waals surface area contributed by atoms with Crippen LogP contribution in [0.4, 0.5) is 0 Å². The smallest absolute Gasteiger partial charge is 0.315 e. The first-order valence-electron chi connectivity index (χ1n) is 6.37. The molecule has 2 aromatic rings. The van der Waals surface area contributed by atoms with Gasteiger partial charge in [0.25, 0.3) is 0 Å². The normalized spacial score (nSPS) is 17.4. The van der Waals surface area contributed by atoms with Crippen LogP contribution in [0.5, 0.6) is 17.2 Å². The number of methoxy groups -OCH3 is 1. The summed E-state index contributed by atoms with van der Waals surface area (Å²) >= 11 is 0. The number of hydrogen-bond acceptors (Lipinski definition) is 4. The molecule has 0 fully saturated rings. The summed E-state index contributed by atoms with van der Waals surface area (Å²) in [4.78, 5) is 11.9. The third-order valence-corrected chi connectivity index (χ3v) is 3.17. The van der Waals surface area contributed by atoms with Crippen molar-refractivity contribution in [3.63, 3.8) is 0 Å². The summed E-state index contributed by atoms with van der Waals surface area (Å²) < 4.78 is 16.5. The lowest BCUT2D eigenvalue weighted by Crippen LogP contribution is -2.13. The van der Waals surface area contributed by atoms with Gasteiger partial charge in [-0.15, -0.1) is 0 Å². The molecule has 1 unspecified atom stereocenters. The van der Waals surface area contributed by atoms with Crippen LogP contribution in [0.15, 0.2) is 48.5 Å². The predicted octanol–water partition coefficient (Wildman–Crippen LogP) is 3.12. The van der Waals surface area contributed by atoms with Gasteiger partial charge in [-0.1, -0.05) is 36.4 Å². The lowest BCUT2D eigenvalue weighted by molar-refractivity contribution is -0.135. The Morgan fingerprint density at radius 1 is 1.10 bits per heavy atom. The first-order valence-corrected chi connectivity index (χ1v) is 6.37. The lowest BCUT2D eigenvalue weighted by atomic mass is 10.1. The third kappa shape index (κ3) is 2.32. The quantitative estimate of drug-likeness (QED) is 0.621. The standard InChI is InChI=1S/C16H14O4/c1-18-12-8-5-9-13-16(12)20-15(17)10-14(19-13)11-6-3-2-4-7-11/h2-9,14H,10H2,1H3. The number of hydrogen-bond donors (Lipinski definition) is 0. The zero-order chi connectivity index (χ0) is 13.9. The molecule has 1 atom stereocenters. The van der Waals surface area contributed by atoms with E-state index in [9.17, 15) is 4.79 Å². The molecule has 3 rings (SSSR count). The Morgan fingerprint density at radius 3 is 2.65 bits per heavy atom. The van der Waals surface area contributed by atoms with E-state index in [1.165, 1.54) is 7.11 Å². The monoisotopic (exact) mass is 270 g/mol. The van der Waals surface area contributed by atoms with Crippen LogP contribution in [0.2, 0.25) is 0 Å². The Kier molecular flexibility index (Phi) is 3.29. The van der Waals surface area contributed by atoms with Crippen LogP contribution in [0.1, 0.15) is 18.1 Å². The summed E-state index contributed by atoms with van der Waals surface area (Å²) in [6.45, 7) is 0. The Balaban J connectivity index is 2.00. The lowest BCUT2D eigenvalue weighted by Gasteiger charge is -2.16. The Labute approximate surface area is 116 Å². The Bertz CT molecular complexity index is 622. The summed E-state index contributed by atoms with van der Waals surface area (Å²) in [6, 6.07) is 14.9. The van der Waals surface area contributed by atoms with Crippen molar-refractivity contribution in [3.8, 4) is 17.2 Å². The number of benzene rings is 2. The highest BCUT2D eigenvalue weighted by Crippen LogP contribution is 2.42. The van der Waals surface area contributed by atoms with Gasteiger partial charge in [-0.05, 0) is 17.7 Å². The van der Waals surface area contributed by atoms with Crippen molar-refractivity contribution in [1.29, 1.82) is 0 Å². The molecule has 1 aliphatic heterocycles. The van der Waals surface area contributed by atoms with Gasteiger partial charge in [0, 0.05) is 0 Å². The topological polar surface area (TPSA) is 44.8 Å². The van der Waals surface area contributed by atoms with Crippen molar-refractivity contribution in [2.24, 2.45) is 0 Å². The van der Waals surface area contributed by atoms with Crippen LogP contribution in [0.25, 0.3) is 0 Å². The van der Waals surface area contributed by atoms with E-state index in [0.717, 1.165) is 5.56 Å². The number of rotatable bonds is 2. The van der Waals surface area contributed by atoms with E-state index in [1.807, 2.05) is 30.3 Å². The van der Waals surface area contributed by atoms with Gasteiger partial charge in [0.2, 0.25) is 5.75 Å². The van der Waals surface area contributed by atoms with Gasteiger partial charge in [-0.3, -0.25) is 4.79 Å². The van der Waals surface area contributed by atoms with Crippen molar-refractivity contribution in [3.05, 3.63) is 54.1 Å². The van der Waals surface area contributed by atoms with Gasteiger partial charge >= 0.3 is 5.97 Å². The zero-order valence-electron chi connectivity index (χ0n) is 11.0. The maximum absolute atomic E-state index is 11.9. The van der Waals surface area contributed by atoms with Crippen LogP contribution >= 0.6 is 0 Å². The van der Waals surface area contributed by atoms with Crippen LogP contribution < -0.4 is 14.2 Å². The molecule has 1 heterocycles. The second-order valence-corrected chi connectivity index (χ2v) is 4.48. The minimum atomic E-state index is -0.350. The first kappa shape index (κ1) is 12.5. The molecular formula is C16H14O4. The number of esters is 1. The average Bonchev–Trinajstić information content (AvgIpc) is 2.66. The molecule has 4 nitrogen and oxygen atoms in total. The fourth-order valence-electron chi connectivity index (χ4n) is 2.21. The van der Waals surface area contributed by atoms with Crippen LogP contribution in [-0.2, 0) is 4.79 Å². The van der Waals surface area contributed by atoms with E-state index in [4.69, 9.17) is 14.2 Å². The van der Waals surface area contributed by atoms with E-state index >= 15 is 0 Å². The highest BCUT2D eigenvalue weighted by Gasteiger charge is 2.27. The maximum atomic E-state index is 11.9. The molecule has 0 spiro atoms. The Morgan fingerprint density at radius 2 is 1.90 bits per heavy atom. The predicted molar refractivity (Wildman–Crippen MR) is 73.1 cm³/mol. The van der Waals surface area contributed by atoms with Crippen LogP contribution in [-0.4, -0.2) is 13.1 Å². The van der Waals surface area contributed by atoms with Gasteiger partial charge in [0.05, 0.1) is 13.5 Å². The molecule has 0 radical (unpaired) electrons. The second kappa shape index (κ2) is 5.25. The Hall–Kier alpha value is -2.49. The number of para-hydroxylation sites is 1. The number of fused-ring (bicyclic) bond motifs is 1. The van der Waals surface area contributed by atoms with Crippen molar-refractivity contribution >= 4 is 5.97 Å². The van der Waals surface area contributed by atoms with Gasteiger partial charge in [0.15, 0.2) is 11.5 Å². The molecule has 0 N–H and O–H groups in total. The molecular weight excluding hydrogens is 256 g/mol. The molecule has 0 bridgehead atoms. The van der Waals surface area contributed by atoms with Gasteiger partial charge < -0.3 is 14.2 Å². The van der Waals surface area contributed by atoms with Crippen LogP contribution in [0.3, 0.4) is 0 Å². The van der Waals surface area contributed by atoms with Crippen molar-refractivity contribution in [1.82, 2.24) is 0 Å². The molecule has 0 aliphatic carbocycles. The minimum absolute atomic E-state index is 0.168. The van der Waals surface area contributed by atoms with E-state index in [2.05, 4.69) is 0 Å². The summed E-state index contributed by atoms with van der Waals surface area (Å²) in [5, 5.41) is 0. The summed E-state index contributed by atoms with van der Waals surface area (Å²) in [5.74, 6) is 1.02. The summed E-state index contributed by atoms with van der Waals surface area (Å²) in [7, 11) is 1.53. The first-order chi connectivity index (χ1) is 9.78. The fraction of sp³-hybridized carbons (Fsp3) is 0.188. The molecule has 1 aliphatic rings. The highest BCUT2D eigenvalue weighted by atomic mass is 16.6. The molecule has 102 valence electrons. The van der Waals surface area contributed by atoms with Crippen molar-refractivity contribution < 1.29 is 19.0 Å². The molecule has 4 heteroatoms. The molecule has 0 saturated carbocycles. The third-order valence-electron chi connectivity index (χ3n) is 3.17.